The van der Waals surface area contributed by atoms with Crippen LogP contribution in [0.25, 0.3) is 0 Å². The number of rotatable bonds is 3. The molecule has 4 heteroatoms. The molecule has 2 aromatic carbocycles. The molecule has 0 atom stereocenters. The number of hydrogen-bond donors (Lipinski definition) is 1. The van der Waals surface area contributed by atoms with E-state index in [4.69, 9.17) is 10.5 Å². The smallest absolute Gasteiger partial charge is 0.196 e. The lowest BCUT2D eigenvalue weighted by Gasteiger charge is -2.20. The highest BCUT2D eigenvalue weighted by molar-refractivity contribution is 6.30. The van der Waals surface area contributed by atoms with E-state index in [2.05, 4.69) is 0 Å². The molecule has 0 unspecified atom stereocenters. The summed E-state index contributed by atoms with van der Waals surface area (Å²) in [5, 5.41) is 0. The Balaban J connectivity index is 2.17. The highest BCUT2D eigenvalue weighted by atomic mass is 16.5. The Morgan fingerprint density at radius 1 is 0.952 bits per heavy atom. The first-order valence-electron chi connectivity index (χ1n) is 6.82. The normalized spacial score (nSPS) is 13.0. The van der Waals surface area contributed by atoms with Crippen molar-refractivity contribution < 1.29 is 14.3 Å². The van der Waals surface area contributed by atoms with Gasteiger partial charge in [0.05, 0.1) is 12.2 Å². The summed E-state index contributed by atoms with van der Waals surface area (Å²) in [6, 6.07) is 10.2. The van der Waals surface area contributed by atoms with Gasteiger partial charge in [-0.1, -0.05) is 30.3 Å². The molecule has 0 bridgehead atoms. The highest BCUT2D eigenvalue weighted by Gasteiger charge is 2.31. The number of ketones is 2. The molecule has 0 radical (unpaired) electrons. The average Bonchev–Trinajstić information content (AvgIpc) is 2.51. The van der Waals surface area contributed by atoms with Crippen molar-refractivity contribution in [2.45, 2.75) is 13.5 Å². The summed E-state index contributed by atoms with van der Waals surface area (Å²) >= 11 is 0. The third-order valence-electron chi connectivity index (χ3n) is 3.69. The van der Waals surface area contributed by atoms with Crippen LogP contribution in [0.3, 0.4) is 0 Å². The third kappa shape index (κ3) is 2.04. The molecule has 4 nitrogen and oxygen atoms in total. The Morgan fingerprint density at radius 3 is 2.29 bits per heavy atom. The largest absolute Gasteiger partial charge is 0.398 e. The average molecular weight is 281 g/mol. The number of nitrogen functional groups attached to an aromatic ring is 1. The van der Waals surface area contributed by atoms with Crippen molar-refractivity contribution in [1.82, 2.24) is 0 Å². The fourth-order valence-electron chi connectivity index (χ4n) is 2.59. The van der Waals surface area contributed by atoms with E-state index in [-0.39, 0.29) is 11.6 Å². The molecule has 1 aliphatic rings. The van der Waals surface area contributed by atoms with Gasteiger partial charge in [0.1, 0.15) is 0 Å². The minimum Gasteiger partial charge on any atom is -0.398 e. The molecule has 0 aromatic heterocycles. The Bertz CT molecular complexity index is 750. The van der Waals surface area contributed by atoms with E-state index in [0.717, 1.165) is 5.56 Å². The van der Waals surface area contributed by atoms with Crippen molar-refractivity contribution in [1.29, 1.82) is 0 Å². The first kappa shape index (κ1) is 13.5. The van der Waals surface area contributed by atoms with Crippen molar-refractivity contribution in [3.8, 4) is 0 Å². The van der Waals surface area contributed by atoms with Gasteiger partial charge in [0, 0.05) is 34.5 Å². The minimum absolute atomic E-state index is 0.158. The van der Waals surface area contributed by atoms with Gasteiger partial charge in [-0.15, -0.1) is 0 Å². The van der Waals surface area contributed by atoms with Crippen molar-refractivity contribution in [3.05, 3.63) is 64.2 Å². The molecule has 0 saturated heterocycles. The van der Waals surface area contributed by atoms with Crippen molar-refractivity contribution in [2.75, 3.05) is 12.3 Å². The van der Waals surface area contributed by atoms with Gasteiger partial charge >= 0.3 is 0 Å². The Hall–Kier alpha value is -2.46. The second-order valence-corrected chi connectivity index (χ2v) is 4.90. The number of hydrogen-bond acceptors (Lipinski definition) is 4. The first-order chi connectivity index (χ1) is 10.1. The maximum Gasteiger partial charge on any atom is 0.196 e. The fraction of sp³-hybridized carbons (Fsp3) is 0.176. The standard InChI is InChI=1S/C17H15NO3/c1-2-21-9-10-7-8-13-14(15(10)18)17(20)12-6-4-3-5-11(12)16(13)19/h3-8H,2,9,18H2,1H3. The number of carbonyl (C=O) groups is 2. The SMILES string of the molecule is CCOCc1ccc2c(c1N)C(=O)c1ccccc1C2=O. The van der Waals surface area contributed by atoms with Crippen LogP contribution in [-0.2, 0) is 11.3 Å². The second kappa shape index (κ2) is 5.14. The molecule has 21 heavy (non-hydrogen) atoms. The van der Waals surface area contributed by atoms with Crippen LogP contribution in [0.4, 0.5) is 5.69 Å². The van der Waals surface area contributed by atoms with Crippen LogP contribution in [-0.4, -0.2) is 18.2 Å². The van der Waals surface area contributed by atoms with Crippen LogP contribution in [0.2, 0.25) is 0 Å². The van der Waals surface area contributed by atoms with E-state index in [1.54, 1.807) is 36.4 Å². The lowest BCUT2D eigenvalue weighted by molar-refractivity contribution is 0.0979. The van der Waals surface area contributed by atoms with Crippen molar-refractivity contribution >= 4 is 17.3 Å². The van der Waals surface area contributed by atoms with Gasteiger partial charge in [0.25, 0.3) is 0 Å². The van der Waals surface area contributed by atoms with E-state index in [0.29, 0.717) is 41.2 Å². The number of fused-ring (bicyclic) bond motifs is 2. The third-order valence-corrected chi connectivity index (χ3v) is 3.69. The van der Waals surface area contributed by atoms with E-state index < -0.39 is 0 Å². The zero-order chi connectivity index (χ0) is 15.0. The van der Waals surface area contributed by atoms with Crippen molar-refractivity contribution in [2.24, 2.45) is 0 Å². The quantitative estimate of drug-likeness (QED) is 0.749. The van der Waals surface area contributed by atoms with Gasteiger partial charge in [-0.05, 0) is 13.0 Å². The first-order valence-corrected chi connectivity index (χ1v) is 6.82. The maximum absolute atomic E-state index is 12.6. The van der Waals surface area contributed by atoms with Crippen LogP contribution in [0, 0.1) is 0 Å². The number of nitrogens with two attached hydrogens (primary N) is 1. The van der Waals surface area contributed by atoms with E-state index in [9.17, 15) is 9.59 Å². The van der Waals surface area contributed by atoms with Gasteiger partial charge in [-0.2, -0.15) is 0 Å². The van der Waals surface area contributed by atoms with Gasteiger partial charge < -0.3 is 10.5 Å². The van der Waals surface area contributed by atoms with Gasteiger partial charge in [-0.25, -0.2) is 0 Å². The predicted molar refractivity (Wildman–Crippen MR) is 79.5 cm³/mol. The summed E-state index contributed by atoms with van der Waals surface area (Å²) in [6.07, 6.45) is 0. The van der Waals surface area contributed by atoms with Crippen LogP contribution < -0.4 is 5.73 Å². The number of ether oxygens (including phenoxy) is 1. The molecule has 0 spiro atoms. The summed E-state index contributed by atoms with van der Waals surface area (Å²) < 4.78 is 5.35. The molecule has 1 aliphatic carbocycles. The molecule has 0 aliphatic heterocycles. The zero-order valence-electron chi connectivity index (χ0n) is 11.7. The monoisotopic (exact) mass is 281 g/mol. The fourth-order valence-corrected chi connectivity index (χ4v) is 2.59. The number of carbonyl (C=O) groups excluding carboxylic acids is 2. The minimum atomic E-state index is -0.198. The Kier molecular flexibility index (Phi) is 3.31. The van der Waals surface area contributed by atoms with Crippen molar-refractivity contribution in [3.63, 3.8) is 0 Å². The van der Waals surface area contributed by atoms with Gasteiger partial charge in [0.15, 0.2) is 11.6 Å². The molecule has 3 rings (SSSR count). The Morgan fingerprint density at radius 2 is 1.62 bits per heavy atom. The predicted octanol–water partition coefficient (Wildman–Crippen LogP) is 2.58. The van der Waals surface area contributed by atoms with E-state index in [1.165, 1.54) is 0 Å². The maximum atomic E-state index is 12.6. The van der Waals surface area contributed by atoms with Gasteiger partial charge in [-0.3, -0.25) is 9.59 Å². The van der Waals surface area contributed by atoms with E-state index in [1.807, 2.05) is 6.92 Å². The molecule has 0 saturated carbocycles. The Labute approximate surface area is 122 Å². The van der Waals surface area contributed by atoms with Crippen LogP contribution >= 0.6 is 0 Å². The molecular formula is C17H15NO3. The molecule has 2 aromatic rings. The summed E-state index contributed by atoms with van der Waals surface area (Å²) in [7, 11) is 0. The molecule has 0 fully saturated rings. The van der Waals surface area contributed by atoms with Crippen LogP contribution in [0.1, 0.15) is 44.3 Å². The lowest BCUT2D eigenvalue weighted by atomic mass is 9.82. The summed E-state index contributed by atoms with van der Waals surface area (Å²) in [5.41, 5.74) is 8.70. The van der Waals surface area contributed by atoms with Crippen LogP contribution in [0.5, 0.6) is 0 Å². The molecule has 0 heterocycles. The van der Waals surface area contributed by atoms with E-state index >= 15 is 0 Å². The second-order valence-electron chi connectivity index (χ2n) is 4.90. The number of anilines is 1. The van der Waals surface area contributed by atoms with Gasteiger partial charge in [0.2, 0.25) is 0 Å². The molecule has 106 valence electrons. The number of benzene rings is 2. The zero-order valence-corrected chi connectivity index (χ0v) is 11.7. The lowest BCUT2D eigenvalue weighted by Crippen LogP contribution is -2.23. The summed E-state index contributed by atoms with van der Waals surface area (Å²) in [4.78, 5) is 25.1. The highest BCUT2D eigenvalue weighted by Crippen LogP contribution is 2.32. The summed E-state index contributed by atoms with van der Waals surface area (Å²) in [6.45, 7) is 2.78. The molecule has 0 amide bonds. The topological polar surface area (TPSA) is 69.4 Å². The molecular weight excluding hydrogens is 266 g/mol. The molecule has 2 N–H and O–H groups in total. The summed E-state index contributed by atoms with van der Waals surface area (Å²) in [5.74, 6) is -0.356. The van der Waals surface area contributed by atoms with Crippen LogP contribution in [0.15, 0.2) is 36.4 Å².